The summed E-state index contributed by atoms with van der Waals surface area (Å²) in [4.78, 5) is 9.62. The van der Waals surface area contributed by atoms with Gasteiger partial charge in [0.05, 0.1) is 29.7 Å². The van der Waals surface area contributed by atoms with Crippen LogP contribution in [0.3, 0.4) is 0 Å². The maximum absolute atomic E-state index is 13.1. The van der Waals surface area contributed by atoms with Crippen molar-refractivity contribution >= 4 is 22.2 Å². The molecule has 2 aromatic carbocycles. The molecule has 0 bridgehead atoms. The Morgan fingerprint density at radius 3 is 2.52 bits per heavy atom. The zero-order valence-electron chi connectivity index (χ0n) is 22.8. The average Bonchev–Trinajstić information content (AvgIpc) is 3.62. The molecule has 0 spiro atoms. The number of aromatic nitrogens is 5. The highest BCUT2D eigenvalue weighted by atomic mass is 32.2. The molecule has 1 fully saturated rings. The molecule has 0 amide bonds. The van der Waals surface area contributed by atoms with Crippen LogP contribution in [0.4, 0.5) is 0 Å². The average molecular weight is 559 g/mol. The van der Waals surface area contributed by atoms with E-state index in [-0.39, 0.29) is 0 Å². The zero-order chi connectivity index (χ0) is 27.7. The molecule has 0 N–H and O–H groups in total. The number of rotatable bonds is 7. The minimum atomic E-state index is -3.45. The molecule has 0 radical (unpaired) electrons. The molecule has 40 heavy (non-hydrogen) atoms. The predicted octanol–water partition coefficient (Wildman–Crippen LogP) is 4.93. The normalized spacial score (nSPS) is 18.7. The Hall–Kier alpha value is -3.76. The van der Waals surface area contributed by atoms with Crippen molar-refractivity contribution < 1.29 is 13.2 Å². The number of ether oxygens (including phenoxy) is 1. The quantitative estimate of drug-likeness (QED) is 0.319. The molecule has 1 atom stereocenters. The van der Waals surface area contributed by atoms with Crippen LogP contribution in [0.2, 0.25) is 0 Å². The number of piperidine rings is 1. The summed E-state index contributed by atoms with van der Waals surface area (Å²) in [5.74, 6) is 3.17. The summed E-state index contributed by atoms with van der Waals surface area (Å²) in [7, 11) is -1.78. The molecule has 0 saturated carbocycles. The van der Waals surface area contributed by atoms with Crippen molar-refractivity contribution in [3.8, 4) is 11.4 Å². The molecular formula is C30H34N6O3S. The fraction of sp³-hybridized carbons (Fsp3) is 0.367. The summed E-state index contributed by atoms with van der Waals surface area (Å²) in [6.45, 7) is 3.90. The lowest BCUT2D eigenvalue weighted by Gasteiger charge is -2.36. The number of benzene rings is 2. The van der Waals surface area contributed by atoms with E-state index in [0.29, 0.717) is 35.6 Å². The molecule has 4 aromatic rings. The van der Waals surface area contributed by atoms with E-state index in [0.717, 1.165) is 60.7 Å². The van der Waals surface area contributed by atoms with Crippen molar-refractivity contribution in [2.45, 2.75) is 50.0 Å². The Morgan fingerprint density at radius 2 is 1.80 bits per heavy atom. The van der Waals surface area contributed by atoms with Crippen LogP contribution >= 0.6 is 0 Å². The Kier molecular flexibility index (Phi) is 7.29. The molecule has 10 heteroatoms. The van der Waals surface area contributed by atoms with Gasteiger partial charge >= 0.3 is 0 Å². The number of sulfonamides is 1. The fourth-order valence-electron chi connectivity index (χ4n) is 5.91. The second kappa shape index (κ2) is 11.0. The van der Waals surface area contributed by atoms with Crippen LogP contribution in [0.1, 0.15) is 54.5 Å². The number of aryl methyl sites for hydroxylation is 2. The third-order valence-corrected chi connectivity index (χ3v) is 9.91. The van der Waals surface area contributed by atoms with Gasteiger partial charge in [0, 0.05) is 31.7 Å². The molecule has 2 aliphatic rings. The lowest BCUT2D eigenvalue weighted by atomic mass is 9.80. The van der Waals surface area contributed by atoms with Gasteiger partial charge in [-0.2, -0.15) is 9.40 Å². The van der Waals surface area contributed by atoms with Crippen molar-refractivity contribution in [3.05, 3.63) is 84.0 Å². The molecule has 0 aliphatic carbocycles. The lowest BCUT2D eigenvalue weighted by Crippen LogP contribution is -2.40. The first kappa shape index (κ1) is 26.5. The maximum Gasteiger partial charge on any atom is 0.243 e. The lowest BCUT2D eigenvalue weighted by molar-refractivity contribution is 0.215. The summed E-state index contributed by atoms with van der Waals surface area (Å²) in [6, 6.07) is 14.8. The summed E-state index contributed by atoms with van der Waals surface area (Å²) >= 11 is 0. The molecule has 1 saturated heterocycles. The van der Waals surface area contributed by atoms with Crippen molar-refractivity contribution in [2.75, 3.05) is 20.2 Å². The first-order valence-corrected chi connectivity index (χ1v) is 15.2. The molecule has 9 nitrogen and oxygen atoms in total. The van der Waals surface area contributed by atoms with E-state index < -0.39 is 10.0 Å². The molecular weight excluding hydrogens is 524 g/mol. The number of nitrogens with zero attached hydrogens (tertiary/aromatic N) is 6. The van der Waals surface area contributed by atoms with Crippen molar-refractivity contribution in [1.82, 2.24) is 28.6 Å². The van der Waals surface area contributed by atoms with E-state index >= 15 is 0 Å². The predicted molar refractivity (Wildman–Crippen MR) is 154 cm³/mol. The van der Waals surface area contributed by atoms with Crippen molar-refractivity contribution in [2.24, 2.45) is 5.92 Å². The summed E-state index contributed by atoms with van der Waals surface area (Å²) in [6.07, 6.45) is 11.5. The van der Waals surface area contributed by atoms with Crippen LogP contribution in [-0.4, -0.2) is 57.2 Å². The van der Waals surface area contributed by atoms with Crippen molar-refractivity contribution in [3.63, 3.8) is 0 Å². The van der Waals surface area contributed by atoms with Crippen LogP contribution in [0, 0.1) is 12.8 Å². The minimum absolute atomic E-state index is 0.294. The monoisotopic (exact) mass is 558 g/mol. The van der Waals surface area contributed by atoms with Gasteiger partial charge in [0.2, 0.25) is 10.0 Å². The number of methoxy groups -OCH3 is 1. The SMILES string of the molecule is COc1cc(C=Cc2nc3n(n2)CCC[C@@H]3C2CCN(S(=O)(=O)c3ccccc3)CC2)ccc1-n1cnc(C)c1. The number of hydrogen-bond acceptors (Lipinski definition) is 6. The standard InChI is InChI=1S/C30H34N6O3S/c1-22-20-34(21-31-22)27-12-10-23(19-28(27)39-2)11-13-29-32-30-26(9-6-16-36(30)33-29)24-14-17-35(18-15-24)40(37,38)25-7-4-3-5-8-25/h3-5,7-8,10-13,19-21,24,26H,6,9,14-18H2,1-2H3/t26-/m1/s1. The van der Waals surface area contributed by atoms with Gasteiger partial charge in [0.15, 0.2) is 5.82 Å². The Bertz CT molecular complexity index is 1620. The van der Waals surface area contributed by atoms with Crippen LogP contribution in [-0.2, 0) is 16.6 Å². The highest BCUT2D eigenvalue weighted by Gasteiger charge is 2.36. The first-order valence-electron chi connectivity index (χ1n) is 13.8. The van der Waals surface area contributed by atoms with Gasteiger partial charge in [0.25, 0.3) is 0 Å². The maximum atomic E-state index is 13.1. The zero-order valence-corrected chi connectivity index (χ0v) is 23.7. The third-order valence-electron chi connectivity index (χ3n) is 8.00. The van der Waals surface area contributed by atoms with Crippen LogP contribution in [0.5, 0.6) is 5.75 Å². The van der Waals surface area contributed by atoms with Gasteiger partial charge < -0.3 is 9.30 Å². The van der Waals surface area contributed by atoms with Crippen molar-refractivity contribution in [1.29, 1.82) is 0 Å². The van der Waals surface area contributed by atoms with Gasteiger partial charge in [-0.3, -0.25) is 0 Å². The molecule has 2 aliphatic heterocycles. The molecule has 4 heterocycles. The van der Waals surface area contributed by atoms with Gasteiger partial charge in [-0.1, -0.05) is 30.3 Å². The molecule has 6 rings (SSSR count). The smallest absolute Gasteiger partial charge is 0.243 e. The molecule has 208 valence electrons. The summed E-state index contributed by atoms with van der Waals surface area (Å²) in [5.41, 5.74) is 2.87. The first-order chi connectivity index (χ1) is 19.4. The Labute approximate surface area is 235 Å². The highest BCUT2D eigenvalue weighted by Crippen LogP contribution is 2.39. The Morgan fingerprint density at radius 1 is 1.00 bits per heavy atom. The van der Waals surface area contributed by atoms with Crippen LogP contribution in [0.15, 0.2) is 66.0 Å². The largest absolute Gasteiger partial charge is 0.495 e. The molecule has 0 unspecified atom stereocenters. The van der Waals surface area contributed by atoms with Crippen LogP contribution in [0.25, 0.3) is 17.8 Å². The fourth-order valence-corrected chi connectivity index (χ4v) is 7.40. The topological polar surface area (TPSA) is 95.1 Å². The number of imidazole rings is 1. The number of hydrogen-bond donors (Lipinski definition) is 0. The third kappa shape index (κ3) is 5.21. The van der Waals surface area contributed by atoms with E-state index in [2.05, 4.69) is 4.98 Å². The van der Waals surface area contributed by atoms with Gasteiger partial charge in [-0.05, 0) is 74.4 Å². The van der Waals surface area contributed by atoms with E-state index in [4.69, 9.17) is 14.8 Å². The van der Waals surface area contributed by atoms with E-state index in [1.54, 1.807) is 42.0 Å². The van der Waals surface area contributed by atoms with Gasteiger partial charge in [-0.25, -0.2) is 23.1 Å². The van der Waals surface area contributed by atoms with E-state index in [1.165, 1.54) is 0 Å². The molecule has 2 aromatic heterocycles. The highest BCUT2D eigenvalue weighted by molar-refractivity contribution is 7.89. The van der Waals surface area contributed by atoms with Gasteiger partial charge in [-0.15, -0.1) is 0 Å². The van der Waals surface area contributed by atoms with Crippen LogP contribution < -0.4 is 4.74 Å². The summed E-state index contributed by atoms with van der Waals surface area (Å²) in [5, 5.41) is 4.78. The van der Waals surface area contributed by atoms with Gasteiger partial charge in [0.1, 0.15) is 11.6 Å². The Balaban J connectivity index is 1.15. The number of fused-ring (bicyclic) bond motifs is 1. The summed E-state index contributed by atoms with van der Waals surface area (Å²) < 4.78 is 37.4. The van der Waals surface area contributed by atoms with E-state index in [1.807, 2.05) is 58.8 Å². The second-order valence-electron chi connectivity index (χ2n) is 10.5. The van der Waals surface area contributed by atoms with E-state index in [9.17, 15) is 8.42 Å². The second-order valence-corrected chi connectivity index (χ2v) is 12.5. The minimum Gasteiger partial charge on any atom is -0.495 e.